The summed E-state index contributed by atoms with van der Waals surface area (Å²) in [6, 6.07) is 75.7. The summed E-state index contributed by atoms with van der Waals surface area (Å²) in [7, 11) is 0. The topological polar surface area (TPSA) is 16.4 Å². The molecule has 0 saturated heterocycles. The van der Waals surface area contributed by atoms with Crippen molar-refractivity contribution in [2.75, 3.05) is 4.90 Å². The van der Waals surface area contributed by atoms with Gasteiger partial charge < -0.3 is 9.32 Å². The molecule has 254 valence electrons. The summed E-state index contributed by atoms with van der Waals surface area (Å²) in [5.74, 6) is 0. The van der Waals surface area contributed by atoms with Gasteiger partial charge in [0.05, 0.1) is 0 Å². The summed E-state index contributed by atoms with van der Waals surface area (Å²) >= 11 is 0. The SMILES string of the molecule is c1ccc(-c2ccc(N(c3ccccc3)c3ccc(-c4ccc5c(c4)oc4c6ccccc6c(-c6cccc(-c7ccccc7)c6)cc54)cc3)cc2)cc1. The van der Waals surface area contributed by atoms with Crippen molar-refractivity contribution < 1.29 is 4.42 Å². The Kier molecular flexibility index (Phi) is 7.85. The van der Waals surface area contributed by atoms with Crippen molar-refractivity contribution in [2.24, 2.45) is 0 Å². The van der Waals surface area contributed by atoms with Gasteiger partial charge in [0.1, 0.15) is 11.2 Å². The molecule has 54 heavy (non-hydrogen) atoms. The van der Waals surface area contributed by atoms with Crippen LogP contribution in [0.5, 0.6) is 0 Å². The lowest BCUT2D eigenvalue weighted by Crippen LogP contribution is -2.09. The van der Waals surface area contributed by atoms with Crippen LogP contribution in [0.1, 0.15) is 0 Å². The van der Waals surface area contributed by atoms with E-state index in [0.717, 1.165) is 55.5 Å². The fraction of sp³-hybridized carbons (Fsp3) is 0. The molecule has 1 heterocycles. The van der Waals surface area contributed by atoms with E-state index in [2.05, 4.69) is 217 Å². The van der Waals surface area contributed by atoms with Crippen molar-refractivity contribution in [3.63, 3.8) is 0 Å². The molecular weight excluding hydrogens is 655 g/mol. The standard InChI is InChI=1S/C52H35NO/c1-4-13-36(14-5-1)38-23-28-44(29-24-38)53(43-19-8-3-9-20-43)45-30-25-39(26-31-45)41-27-32-47-50-35-49(42-18-12-17-40(33-42)37-15-6-2-7-16-37)46-21-10-11-22-48(46)52(50)54-51(47)34-41/h1-35H. The average Bonchev–Trinajstić information content (AvgIpc) is 3.63. The minimum Gasteiger partial charge on any atom is -0.455 e. The molecule has 2 heteroatoms. The molecule has 0 aliphatic carbocycles. The average molecular weight is 690 g/mol. The second-order valence-corrected chi connectivity index (χ2v) is 13.7. The molecular formula is C52H35NO. The van der Waals surface area contributed by atoms with Gasteiger partial charge in [-0.25, -0.2) is 0 Å². The highest BCUT2D eigenvalue weighted by Crippen LogP contribution is 2.42. The van der Waals surface area contributed by atoms with Crippen molar-refractivity contribution >= 4 is 49.8 Å². The van der Waals surface area contributed by atoms with Gasteiger partial charge in [-0.05, 0) is 111 Å². The van der Waals surface area contributed by atoms with E-state index in [-0.39, 0.29) is 0 Å². The first-order valence-corrected chi connectivity index (χ1v) is 18.4. The van der Waals surface area contributed by atoms with Crippen LogP contribution in [0, 0.1) is 0 Å². The van der Waals surface area contributed by atoms with Crippen LogP contribution < -0.4 is 4.90 Å². The zero-order valence-corrected chi connectivity index (χ0v) is 29.6. The molecule has 10 aromatic rings. The highest BCUT2D eigenvalue weighted by atomic mass is 16.3. The smallest absolute Gasteiger partial charge is 0.143 e. The zero-order valence-electron chi connectivity index (χ0n) is 29.6. The van der Waals surface area contributed by atoms with Gasteiger partial charge in [0.25, 0.3) is 0 Å². The Morgan fingerprint density at radius 3 is 1.41 bits per heavy atom. The predicted molar refractivity (Wildman–Crippen MR) is 228 cm³/mol. The molecule has 0 aliphatic rings. The Morgan fingerprint density at radius 2 is 0.741 bits per heavy atom. The van der Waals surface area contributed by atoms with Crippen LogP contribution in [-0.4, -0.2) is 0 Å². The zero-order chi connectivity index (χ0) is 35.8. The molecule has 2 nitrogen and oxygen atoms in total. The van der Waals surface area contributed by atoms with Gasteiger partial charge in [0, 0.05) is 33.2 Å². The van der Waals surface area contributed by atoms with Gasteiger partial charge in [-0.1, -0.05) is 152 Å². The Bertz CT molecular complexity index is 2890. The minimum atomic E-state index is 0.885. The van der Waals surface area contributed by atoms with Crippen molar-refractivity contribution in [1.82, 2.24) is 0 Å². The summed E-state index contributed by atoms with van der Waals surface area (Å²) in [4.78, 5) is 2.30. The normalized spacial score (nSPS) is 11.3. The Balaban J connectivity index is 1.02. The van der Waals surface area contributed by atoms with Crippen LogP contribution in [0.2, 0.25) is 0 Å². The molecule has 0 radical (unpaired) electrons. The highest BCUT2D eigenvalue weighted by Gasteiger charge is 2.17. The number of para-hydroxylation sites is 1. The Hall–Kier alpha value is -7.16. The lowest BCUT2D eigenvalue weighted by Gasteiger charge is -2.26. The number of hydrogen-bond acceptors (Lipinski definition) is 2. The van der Waals surface area contributed by atoms with Gasteiger partial charge in [-0.3, -0.25) is 0 Å². The van der Waals surface area contributed by atoms with Crippen LogP contribution in [0.25, 0.3) is 77.2 Å². The third kappa shape index (κ3) is 5.71. The maximum Gasteiger partial charge on any atom is 0.143 e. The second-order valence-electron chi connectivity index (χ2n) is 13.7. The van der Waals surface area contributed by atoms with E-state index >= 15 is 0 Å². The maximum absolute atomic E-state index is 6.72. The van der Waals surface area contributed by atoms with Gasteiger partial charge in [-0.2, -0.15) is 0 Å². The summed E-state index contributed by atoms with van der Waals surface area (Å²) in [5.41, 5.74) is 14.6. The second kappa shape index (κ2) is 13.4. The van der Waals surface area contributed by atoms with E-state index in [1.54, 1.807) is 0 Å². The molecule has 0 unspecified atom stereocenters. The molecule has 0 saturated carbocycles. The fourth-order valence-electron chi connectivity index (χ4n) is 7.77. The van der Waals surface area contributed by atoms with Crippen molar-refractivity contribution in [2.45, 2.75) is 0 Å². The first kappa shape index (κ1) is 31.6. The molecule has 0 bridgehead atoms. The number of rotatable bonds is 7. The molecule has 0 N–H and O–H groups in total. The number of fused-ring (bicyclic) bond motifs is 5. The number of benzene rings is 9. The van der Waals surface area contributed by atoms with Crippen molar-refractivity contribution in [3.8, 4) is 44.5 Å². The van der Waals surface area contributed by atoms with E-state index in [9.17, 15) is 0 Å². The monoisotopic (exact) mass is 689 g/mol. The van der Waals surface area contributed by atoms with Crippen molar-refractivity contribution in [1.29, 1.82) is 0 Å². The van der Waals surface area contributed by atoms with E-state index < -0.39 is 0 Å². The molecule has 1 aromatic heterocycles. The van der Waals surface area contributed by atoms with Gasteiger partial charge in [-0.15, -0.1) is 0 Å². The summed E-state index contributed by atoms with van der Waals surface area (Å²) in [6.07, 6.45) is 0. The molecule has 10 rings (SSSR count). The molecule has 9 aromatic carbocycles. The molecule has 0 atom stereocenters. The number of hydrogen-bond donors (Lipinski definition) is 0. The number of anilines is 3. The van der Waals surface area contributed by atoms with Gasteiger partial charge in [0.2, 0.25) is 0 Å². The maximum atomic E-state index is 6.72. The van der Waals surface area contributed by atoms with Crippen LogP contribution in [-0.2, 0) is 0 Å². The minimum absolute atomic E-state index is 0.885. The summed E-state index contributed by atoms with van der Waals surface area (Å²) in [6.45, 7) is 0. The Labute approximate surface area is 314 Å². The lowest BCUT2D eigenvalue weighted by atomic mass is 9.93. The lowest BCUT2D eigenvalue weighted by molar-refractivity contribution is 0.673. The molecule has 0 amide bonds. The third-order valence-electron chi connectivity index (χ3n) is 10.5. The van der Waals surface area contributed by atoms with E-state index in [1.807, 2.05) is 0 Å². The van der Waals surface area contributed by atoms with E-state index in [4.69, 9.17) is 4.42 Å². The summed E-state index contributed by atoms with van der Waals surface area (Å²) < 4.78 is 6.72. The van der Waals surface area contributed by atoms with E-state index in [1.165, 1.54) is 38.8 Å². The van der Waals surface area contributed by atoms with Crippen LogP contribution in [0.15, 0.2) is 217 Å². The first-order chi connectivity index (χ1) is 26.8. The Morgan fingerprint density at radius 1 is 0.278 bits per heavy atom. The van der Waals surface area contributed by atoms with E-state index in [0.29, 0.717) is 0 Å². The molecule has 0 spiro atoms. The first-order valence-electron chi connectivity index (χ1n) is 18.4. The predicted octanol–water partition coefficient (Wildman–Crippen LogP) is 14.9. The van der Waals surface area contributed by atoms with Gasteiger partial charge >= 0.3 is 0 Å². The highest BCUT2D eigenvalue weighted by molar-refractivity contribution is 6.19. The largest absolute Gasteiger partial charge is 0.455 e. The molecule has 0 aliphatic heterocycles. The molecule has 0 fully saturated rings. The van der Waals surface area contributed by atoms with Crippen LogP contribution in [0.4, 0.5) is 17.1 Å². The third-order valence-corrected chi connectivity index (χ3v) is 10.5. The van der Waals surface area contributed by atoms with Crippen molar-refractivity contribution in [3.05, 3.63) is 212 Å². The number of furan rings is 1. The number of nitrogens with zero attached hydrogens (tertiary/aromatic N) is 1. The quantitative estimate of drug-likeness (QED) is 0.166. The summed E-state index contributed by atoms with van der Waals surface area (Å²) in [5, 5.41) is 4.55. The fourth-order valence-corrected chi connectivity index (χ4v) is 7.77. The van der Waals surface area contributed by atoms with Gasteiger partial charge in [0.15, 0.2) is 0 Å². The van der Waals surface area contributed by atoms with Crippen LogP contribution >= 0.6 is 0 Å². The van der Waals surface area contributed by atoms with Crippen LogP contribution in [0.3, 0.4) is 0 Å².